The Balaban J connectivity index is 1.45. The Labute approximate surface area is 201 Å². The van der Waals surface area contributed by atoms with Gasteiger partial charge in [0, 0.05) is 18.2 Å². The van der Waals surface area contributed by atoms with Crippen molar-refractivity contribution in [1.82, 2.24) is 4.90 Å². The molecule has 0 bridgehead atoms. The molecule has 0 amide bonds. The fourth-order valence-electron chi connectivity index (χ4n) is 3.91. The summed E-state index contributed by atoms with van der Waals surface area (Å²) in [5.41, 5.74) is 0.750. The van der Waals surface area contributed by atoms with Gasteiger partial charge in [0.05, 0.1) is 22.5 Å². The van der Waals surface area contributed by atoms with E-state index in [4.69, 9.17) is 9.15 Å². The van der Waals surface area contributed by atoms with Gasteiger partial charge in [-0.15, -0.1) is 0 Å². The van der Waals surface area contributed by atoms with Gasteiger partial charge < -0.3 is 14.3 Å². The molecule has 1 aliphatic heterocycles. The third-order valence-electron chi connectivity index (χ3n) is 5.59. The zero-order valence-corrected chi connectivity index (χ0v) is 20.3. The van der Waals surface area contributed by atoms with Crippen molar-refractivity contribution < 1.29 is 27.1 Å². The molecule has 1 fully saturated rings. The first kappa shape index (κ1) is 23.9. The van der Waals surface area contributed by atoms with E-state index >= 15 is 0 Å². The van der Waals surface area contributed by atoms with Crippen molar-refractivity contribution in [3.8, 4) is 17.1 Å². The van der Waals surface area contributed by atoms with E-state index in [2.05, 4.69) is 15.9 Å². The van der Waals surface area contributed by atoms with Gasteiger partial charge in [-0.2, -0.15) is 0 Å². The molecule has 1 aliphatic rings. The second kappa shape index (κ2) is 10.4. The molecule has 176 valence electrons. The lowest BCUT2D eigenvalue weighted by molar-refractivity contribution is 0.0496. The molecule has 2 unspecified atom stereocenters. The van der Waals surface area contributed by atoms with Gasteiger partial charge in [-0.3, -0.25) is 4.90 Å². The third-order valence-corrected chi connectivity index (χ3v) is 7.99. The first-order chi connectivity index (χ1) is 15.8. The van der Waals surface area contributed by atoms with E-state index in [0.29, 0.717) is 30.2 Å². The van der Waals surface area contributed by atoms with Crippen molar-refractivity contribution >= 4 is 25.8 Å². The van der Waals surface area contributed by atoms with Crippen LogP contribution in [0.15, 0.2) is 69.6 Å². The topological polar surface area (TPSA) is 80.0 Å². The lowest BCUT2D eigenvalue weighted by atomic mass is 10.2. The van der Waals surface area contributed by atoms with Crippen molar-refractivity contribution in [2.24, 2.45) is 0 Å². The highest BCUT2D eigenvalue weighted by Gasteiger charge is 2.33. The van der Waals surface area contributed by atoms with Crippen LogP contribution in [0.4, 0.5) is 4.39 Å². The highest BCUT2D eigenvalue weighted by atomic mass is 79.9. The lowest BCUT2D eigenvalue weighted by Crippen LogP contribution is -2.42. The molecule has 0 saturated carbocycles. The van der Waals surface area contributed by atoms with E-state index in [-0.39, 0.29) is 36.5 Å². The molecule has 2 heterocycles. The second-order valence-corrected chi connectivity index (χ2v) is 11.2. The molecule has 6 nitrogen and oxygen atoms in total. The maximum atomic E-state index is 13.2. The summed E-state index contributed by atoms with van der Waals surface area (Å²) in [5, 5.41) is 10.7. The van der Waals surface area contributed by atoms with E-state index in [1.807, 2.05) is 29.2 Å². The van der Waals surface area contributed by atoms with Gasteiger partial charge in [-0.25, -0.2) is 12.8 Å². The van der Waals surface area contributed by atoms with E-state index < -0.39 is 15.9 Å². The molecule has 3 aromatic rings. The van der Waals surface area contributed by atoms with Gasteiger partial charge in [-0.1, -0.05) is 12.1 Å². The molecule has 9 heteroatoms. The molecule has 0 radical (unpaired) electrons. The largest absolute Gasteiger partial charge is 0.490 e. The average molecular weight is 538 g/mol. The number of benzene rings is 2. The summed E-state index contributed by atoms with van der Waals surface area (Å²) < 4.78 is 49.8. The van der Waals surface area contributed by atoms with Crippen LogP contribution in [0.5, 0.6) is 5.75 Å². The number of hydrogen-bond donors (Lipinski definition) is 1. The number of aliphatic hydroxyl groups excluding tert-OH is 1. The van der Waals surface area contributed by atoms with E-state index in [1.54, 1.807) is 24.3 Å². The molecule has 2 atom stereocenters. The Morgan fingerprint density at radius 1 is 1.15 bits per heavy atom. The summed E-state index contributed by atoms with van der Waals surface area (Å²) >= 11 is 3.42. The minimum absolute atomic E-state index is 0.0519. The van der Waals surface area contributed by atoms with Crippen molar-refractivity contribution in [2.45, 2.75) is 25.1 Å². The van der Waals surface area contributed by atoms with Gasteiger partial charge in [0.15, 0.2) is 9.84 Å². The maximum absolute atomic E-state index is 13.2. The number of para-hydroxylation sites is 1. The van der Waals surface area contributed by atoms with Gasteiger partial charge in [0.2, 0.25) is 0 Å². The summed E-state index contributed by atoms with van der Waals surface area (Å²) in [7, 11) is -3.10. The number of halogens is 2. The highest BCUT2D eigenvalue weighted by molar-refractivity contribution is 9.10. The number of nitrogens with zero attached hydrogens (tertiary/aromatic N) is 1. The van der Waals surface area contributed by atoms with Crippen LogP contribution in [0.3, 0.4) is 0 Å². The predicted molar refractivity (Wildman–Crippen MR) is 127 cm³/mol. The van der Waals surface area contributed by atoms with Crippen LogP contribution in [0.25, 0.3) is 11.3 Å². The average Bonchev–Trinajstić information content (AvgIpc) is 3.39. The van der Waals surface area contributed by atoms with Crippen LogP contribution in [0, 0.1) is 5.82 Å². The Kier molecular flexibility index (Phi) is 7.53. The van der Waals surface area contributed by atoms with Gasteiger partial charge >= 0.3 is 0 Å². The van der Waals surface area contributed by atoms with E-state index in [9.17, 15) is 17.9 Å². The van der Waals surface area contributed by atoms with Crippen LogP contribution >= 0.6 is 15.9 Å². The zero-order chi connectivity index (χ0) is 23.4. The Hall–Kier alpha value is -2.20. The lowest BCUT2D eigenvalue weighted by Gasteiger charge is -2.29. The first-order valence-corrected chi connectivity index (χ1v) is 13.2. The van der Waals surface area contributed by atoms with Gasteiger partial charge in [0.25, 0.3) is 0 Å². The molecule has 1 saturated heterocycles. The summed E-state index contributed by atoms with van der Waals surface area (Å²) in [5.74, 6) is 1.73. The number of rotatable bonds is 9. The molecular formula is C24H25BrFNO5S. The quantitative estimate of drug-likeness (QED) is 0.438. The molecule has 0 spiro atoms. The normalized spacial score (nSPS) is 18.5. The van der Waals surface area contributed by atoms with Crippen LogP contribution in [-0.4, -0.2) is 55.2 Å². The zero-order valence-electron chi connectivity index (χ0n) is 17.9. The molecule has 1 N–H and O–H groups in total. The van der Waals surface area contributed by atoms with Crippen molar-refractivity contribution in [1.29, 1.82) is 0 Å². The fraction of sp³-hybridized carbons (Fsp3) is 0.333. The first-order valence-electron chi connectivity index (χ1n) is 10.6. The Morgan fingerprint density at radius 2 is 1.91 bits per heavy atom. The second-order valence-electron chi connectivity index (χ2n) is 8.15. The molecule has 1 aromatic heterocycles. The smallest absolute Gasteiger partial charge is 0.151 e. The minimum Gasteiger partial charge on any atom is -0.490 e. The number of sulfone groups is 1. The number of aliphatic hydroxyl groups is 1. The van der Waals surface area contributed by atoms with Gasteiger partial charge in [-0.05, 0) is 70.9 Å². The molecule has 0 aliphatic carbocycles. The number of ether oxygens (including phenoxy) is 1. The van der Waals surface area contributed by atoms with E-state index in [0.717, 1.165) is 10.0 Å². The van der Waals surface area contributed by atoms with Gasteiger partial charge in [0.1, 0.15) is 35.8 Å². The third kappa shape index (κ3) is 6.44. The van der Waals surface area contributed by atoms with Crippen LogP contribution in [0.2, 0.25) is 0 Å². The molecule has 4 rings (SSSR count). The number of furan rings is 1. The fourth-order valence-corrected chi connectivity index (χ4v) is 6.07. The summed E-state index contributed by atoms with van der Waals surface area (Å²) in [6, 6.07) is 16.8. The monoisotopic (exact) mass is 537 g/mol. The van der Waals surface area contributed by atoms with Crippen LogP contribution in [0.1, 0.15) is 12.2 Å². The minimum atomic E-state index is -3.10. The summed E-state index contributed by atoms with van der Waals surface area (Å²) in [6.45, 7) is 0.641. The Bertz CT molecular complexity index is 1180. The highest BCUT2D eigenvalue weighted by Crippen LogP contribution is 2.27. The predicted octanol–water partition coefficient (Wildman–Crippen LogP) is 4.28. The molecular weight excluding hydrogens is 513 g/mol. The molecule has 2 aromatic carbocycles. The standard InChI is InChI=1S/C24H25BrFNO5S/c25-22-3-1-2-4-24(22)31-15-20(28)13-27(19-11-12-33(29,30)16-19)14-21-9-10-23(32-21)17-5-7-18(26)8-6-17/h1-10,19-20,28H,11-16H2. The van der Waals surface area contributed by atoms with Crippen molar-refractivity contribution in [3.63, 3.8) is 0 Å². The van der Waals surface area contributed by atoms with Crippen LogP contribution in [-0.2, 0) is 16.4 Å². The SMILES string of the molecule is O=S1(=O)CCC(N(Cc2ccc(-c3ccc(F)cc3)o2)CC(O)COc2ccccc2Br)C1. The Morgan fingerprint density at radius 3 is 2.61 bits per heavy atom. The summed E-state index contributed by atoms with van der Waals surface area (Å²) in [4.78, 5) is 1.94. The van der Waals surface area contributed by atoms with Crippen LogP contribution < -0.4 is 4.74 Å². The van der Waals surface area contributed by atoms with Crippen molar-refractivity contribution in [2.75, 3.05) is 24.7 Å². The maximum Gasteiger partial charge on any atom is 0.151 e. The van der Waals surface area contributed by atoms with Crippen molar-refractivity contribution in [3.05, 3.63) is 76.7 Å². The van der Waals surface area contributed by atoms with E-state index in [1.165, 1.54) is 12.1 Å². The number of hydrogen-bond acceptors (Lipinski definition) is 6. The summed E-state index contributed by atoms with van der Waals surface area (Å²) in [6.07, 6.45) is -0.321. The molecule has 33 heavy (non-hydrogen) atoms.